The summed E-state index contributed by atoms with van der Waals surface area (Å²) in [6, 6.07) is 8.52. The van der Waals surface area contributed by atoms with Crippen LogP contribution in [0.3, 0.4) is 0 Å². The van der Waals surface area contributed by atoms with Gasteiger partial charge in [0.25, 0.3) is 0 Å². The Kier molecular flexibility index (Phi) is 7.40. The van der Waals surface area contributed by atoms with Crippen LogP contribution in [-0.4, -0.2) is 66.4 Å². The Morgan fingerprint density at radius 2 is 1.96 bits per heavy atom. The highest BCUT2D eigenvalue weighted by Gasteiger charge is 2.26. The quantitative estimate of drug-likeness (QED) is 0.776. The summed E-state index contributed by atoms with van der Waals surface area (Å²) < 4.78 is 0. The van der Waals surface area contributed by atoms with E-state index in [4.69, 9.17) is 5.11 Å². The lowest BCUT2D eigenvalue weighted by atomic mass is 9.95. The highest BCUT2D eigenvalue weighted by atomic mass is 32.2. The number of nitrogens with zero attached hydrogens (tertiary/aromatic N) is 2. The monoisotopic (exact) mass is 336 g/mol. The SMILES string of the molecule is Cc1ccc(SCCN(C)C(=O)C2CCN(CCO)CC2)cc1. The first-order valence-corrected chi connectivity index (χ1v) is 9.36. The van der Waals surface area contributed by atoms with Gasteiger partial charge in [0.15, 0.2) is 0 Å². The Hall–Kier alpha value is -1.04. The molecule has 0 spiro atoms. The molecule has 5 heteroatoms. The van der Waals surface area contributed by atoms with Gasteiger partial charge in [0, 0.05) is 36.7 Å². The maximum Gasteiger partial charge on any atom is 0.225 e. The minimum absolute atomic E-state index is 0.152. The molecule has 1 saturated heterocycles. The van der Waals surface area contributed by atoms with Crippen molar-refractivity contribution in [2.75, 3.05) is 45.6 Å². The molecular formula is C18H28N2O2S. The minimum atomic E-state index is 0.152. The molecule has 0 aliphatic carbocycles. The number of benzene rings is 1. The lowest BCUT2D eigenvalue weighted by Crippen LogP contribution is -2.42. The normalized spacial score (nSPS) is 16.5. The van der Waals surface area contributed by atoms with Crippen molar-refractivity contribution in [1.29, 1.82) is 0 Å². The van der Waals surface area contributed by atoms with E-state index in [0.29, 0.717) is 0 Å². The Morgan fingerprint density at radius 3 is 2.57 bits per heavy atom. The topological polar surface area (TPSA) is 43.8 Å². The van der Waals surface area contributed by atoms with Crippen LogP contribution in [0.2, 0.25) is 0 Å². The Bertz CT molecular complexity index is 484. The molecular weight excluding hydrogens is 308 g/mol. The third-order valence-corrected chi connectivity index (χ3v) is 5.44. The fourth-order valence-electron chi connectivity index (χ4n) is 2.90. The molecule has 1 amide bonds. The molecule has 0 bridgehead atoms. The standard InChI is InChI=1S/C18H28N2O2S/c1-15-3-5-17(6-4-15)23-14-12-19(2)18(22)16-7-9-20(10-8-16)11-13-21/h3-6,16,21H,7-14H2,1-2H3. The number of aryl methyl sites for hydroxylation is 1. The molecule has 0 saturated carbocycles. The van der Waals surface area contributed by atoms with Gasteiger partial charge < -0.3 is 14.9 Å². The van der Waals surface area contributed by atoms with Gasteiger partial charge in [-0.15, -0.1) is 11.8 Å². The second-order valence-corrected chi connectivity index (χ2v) is 7.43. The summed E-state index contributed by atoms with van der Waals surface area (Å²) in [7, 11) is 1.91. The number of aliphatic hydroxyl groups is 1. The molecule has 23 heavy (non-hydrogen) atoms. The van der Waals surface area contributed by atoms with Gasteiger partial charge in [0.2, 0.25) is 5.91 Å². The van der Waals surface area contributed by atoms with Gasteiger partial charge in [-0.3, -0.25) is 4.79 Å². The van der Waals surface area contributed by atoms with E-state index in [2.05, 4.69) is 36.1 Å². The van der Waals surface area contributed by atoms with E-state index in [-0.39, 0.29) is 18.4 Å². The summed E-state index contributed by atoms with van der Waals surface area (Å²) in [4.78, 5) is 17.9. The number of carbonyl (C=O) groups excluding carboxylic acids is 1. The number of aliphatic hydroxyl groups excluding tert-OH is 1. The summed E-state index contributed by atoms with van der Waals surface area (Å²) in [5.74, 6) is 1.35. The van der Waals surface area contributed by atoms with Gasteiger partial charge in [0.05, 0.1) is 6.61 Å². The fourth-order valence-corrected chi connectivity index (χ4v) is 3.83. The van der Waals surface area contributed by atoms with Crippen LogP contribution in [0, 0.1) is 12.8 Å². The van der Waals surface area contributed by atoms with Crippen LogP contribution >= 0.6 is 11.8 Å². The maximum absolute atomic E-state index is 12.5. The molecule has 0 radical (unpaired) electrons. The number of thioether (sulfide) groups is 1. The van der Waals surface area contributed by atoms with Gasteiger partial charge in [-0.25, -0.2) is 0 Å². The average molecular weight is 337 g/mol. The molecule has 1 aromatic rings. The molecule has 0 aromatic heterocycles. The van der Waals surface area contributed by atoms with Crippen LogP contribution in [0.1, 0.15) is 18.4 Å². The van der Waals surface area contributed by atoms with Gasteiger partial charge >= 0.3 is 0 Å². The lowest BCUT2D eigenvalue weighted by Gasteiger charge is -2.32. The van der Waals surface area contributed by atoms with E-state index in [1.807, 2.05) is 11.9 Å². The van der Waals surface area contributed by atoms with Crippen molar-refractivity contribution in [2.24, 2.45) is 5.92 Å². The van der Waals surface area contributed by atoms with Crippen molar-refractivity contribution in [2.45, 2.75) is 24.7 Å². The van der Waals surface area contributed by atoms with Crippen molar-refractivity contribution < 1.29 is 9.90 Å². The molecule has 4 nitrogen and oxygen atoms in total. The highest BCUT2D eigenvalue weighted by Crippen LogP contribution is 2.21. The molecule has 1 aliphatic rings. The zero-order valence-electron chi connectivity index (χ0n) is 14.2. The summed E-state index contributed by atoms with van der Waals surface area (Å²) in [6.07, 6.45) is 1.82. The third kappa shape index (κ3) is 5.83. The van der Waals surface area contributed by atoms with Crippen LogP contribution in [0.25, 0.3) is 0 Å². The van der Waals surface area contributed by atoms with E-state index in [1.54, 1.807) is 11.8 Å². The van der Waals surface area contributed by atoms with E-state index >= 15 is 0 Å². The van der Waals surface area contributed by atoms with Gasteiger partial charge in [-0.05, 0) is 45.0 Å². The first-order valence-electron chi connectivity index (χ1n) is 8.38. The van der Waals surface area contributed by atoms with Crippen molar-refractivity contribution >= 4 is 17.7 Å². The summed E-state index contributed by atoms with van der Waals surface area (Å²) in [5.41, 5.74) is 1.27. The number of piperidine rings is 1. The smallest absolute Gasteiger partial charge is 0.225 e. The number of rotatable bonds is 7. The minimum Gasteiger partial charge on any atom is -0.395 e. The zero-order chi connectivity index (χ0) is 16.7. The first-order chi connectivity index (χ1) is 11.1. The predicted octanol–water partition coefficient (Wildman–Crippen LogP) is 2.25. The van der Waals surface area contributed by atoms with Crippen molar-refractivity contribution in [3.05, 3.63) is 29.8 Å². The Balaban J connectivity index is 1.69. The van der Waals surface area contributed by atoms with E-state index in [0.717, 1.165) is 44.8 Å². The largest absolute Gasteiger partial charge is 0.395 e. The molecule has 0 atom stereocenters. The molecule has 0 unspecified atom stereocenters. The molecule has 2 rings (SSSR count). The van der Waals surface area contributed by atoms with Crippen molar-refractivity contribution in [3.8, 4) is 0 Å². The molecule has 1 N–H and O–H groups in total. The van der Waals surface area contributed by atoms with Gasteiger partial charge in [0.1, 0.15) is 0 Å². The number of hydrogen-bond donors (Lipinski definition) is 1. The molecule has 1 fully saturated rings. The third-order valence-electron chi connectivity index (χ3n) is 4.45. The number of hydrogen-bond acceptors (Lipinski definition) is 4. The Labute approximate surface area is 143 Å². The summed E-state index contributed by atoms with van der Waals surface area (Å²) in [6.45, 7) is 5.64. The lowest BCUT2D eigenvalue weighted by molar-refractivity contribution is -0.135. The van der Waals surface area contributed by atoms with Crippen molar-refractivity contribution in [1.82, 2.24) is 9.80 Å². The van der Waals surface area contributed by atoms with Crippen molar-refractivity contribution in [3.63, 3.8) is 0 Å². The molecule has 1 aromatic carbocycles. The number of amides is 1. The van der Waals surface area contributed by atoms with E-state index in [9.17, 15) is 4.79 Å². The average Bonchev–Trinajstić information content (AvgIpc) is 2.57. The number of likely N-dealkylation sites (tertiary alicyclic amines) is 1. The predicted molar refractivity (Wildman–Crippen MR) is 95.8 cm³/mol. The number of carbonyl (C=O) groups is 1. The second kappa shape index (κ2) is 9.30. The van der Waals surface area contributed by atoms with Crippen LogP contribution in [0.5, 0.6) is 0 Å². The summed E-state index contributed by atoms with van der Waals surface area (Å²) in [5, 5.41) is 8.97. The van der Waals surface area contributed by atoms with Crippen LogP contribution in [-0.2, 0) is 4.79 Å². The van der Waals surface area contributed by atoms with Crippen LogP contribution < -0.4 is 0 Å². The zero-order valence-corrected chi connectivity index (χ0v) is 15.0. The first kappa shape index (κ1) is 18.3. The van der Waals surface area contributed by atoms with E-state index in [1.165, 1.54) is 10.5 Å². The molecule has 128 valence electrons. The van der Waals surface area contributed by atoms with Gasteiger partial charge in [-0.2, -0.15) is 0 Å². The van der Waals surface area contributed by atoms with Gasteiger partial charge in [-0.1, -0.05) is 17.7 Å². The van der Waals surface area contributed by atoms with E-state index < -0.39 is 0 Å². The van der Waals surface area contributed by atoms with Crippen LogP contribution in [0.4, 0.5) is 0 Å². The second-order valence-electron chi connectivity index (χ2n) is 6.26. The molecule has 1 aliphatic heterocycles. The number of β-amino-alcohol motifs (C(OH)–C–C–N with tert-alkyl or cyclic N) is 1. The maximum atomic E-state index is 12.5. The summed E-state index contributed by atoms with van der Waals surface area (Å²) >= 11 is 1.80. The Morgan fingerprint density at radius 1 is 1.30 bits per heavy atom. The van der Waals surface area contributed by atoms with Crippen LogP contribution in [0.15, 0.2) is 29.2 Å². The fraction of sp³-hybridized carbons (Fsp3) is 0.611. The highest BCUT2D eigenvalue weighted by molar-refractivity contribution is 7.99. The molecule has 1 heterocycles.